The quantitative estimate of drug-likeness (QED) is 0.365. The zero-order valence-electron chi connectivity index (χ0n) is 17.8. The van der Waals surface area contributed by atoms with Crippen molar-refractivity contribution in [2.45, 2.75) is 18.8 Å². The van der Waals surface area contributed by atoms with Gasteiger partial charge in [-0.2, -0.15) is 0 Å². The second-order valence-electron chi connectivity index (χ2n) is 8.20. The number of benzene rings is 4. The van der Waals surface area contributed by atoms with Crippen molar-refractivity contribution in [3.8, 4) is 0 Å². The highest BCUT2D eigenvalue weighted by atomic mass is 16.5. The molecular formula is C29H24O2. The Morgan fingerprint density at radius 2 is 1.45 bits per heavy atom. The Labute approximate surface area is 182 Å². The van der Waals surface area contributed by atoms with Crippen molar-refractivity contribution in [3.63, 3.8) is 0 Å². The van der Waals surface area contributed by atoms with Gasteiger partial charge in [-0.1, -0.05) is 97.1 Å². The van der Waals surface area contributed by atoms with Crippen LogP contribution in [0.15, 0.2) is 91.0 Å². The van der Waals surface area contributed by atoms with E-state index in [4.69, 9.17) is 4.74 Å². The largest absolute Gasteiger partial charge is 0.465 e. The number of ether oxygens (including phenoxy) is 1. The second kappa shape index (κ2) is 7.55. The van der Waals surface area contributed by atoms with Crippen molar-refractivity contribution < 1.29 is 9.53 Å². The van der Waals surface area contributed by atoms with Crippen LogP contribution in [-0.2, 0) is 16.6 Å². The molecule has 0 amide bonds. The Kier molecular flexibility index (Phi) is 4.71. The first kappa shape index (κ1) is 19.3. The van der Waals surface area contributed by atoms with Gasteiger partial charge in [0, 0.05) is 10.8 Å². The van der Waals surface area contributed by atoms with Gasteiger partial charge in [0.05, 0.1) is 12.7 Å². The normalized spacial score (nSPS) is 14.3. The molecule has 0 saturated carbocycles. The first-order chi connectivity index (χ1) is 15.1. The molecule has 152 valence electrons. The monoisotopic (exact) mass is 404 g/mol. The predicted molar refractivity (Wildman–Crippen MR) is 126 cm³/mol. The maximum Gasteiger partial charge on any atom is 0.338 e. The topological polar surface area (TPSA) is 26.3 Å². The van der Waals surface area contributed by atoms with Gasteiger partial charge in [0.2, 0.25) is 0 Å². The number of fused-ring (bicyclic) bond motifs is 3. The number of aryl methyl sites for hydroxylation is 1. The van der Waals surface area contributed by atoms with Gasteiger partial charge in [0.1, 0.15) is 0 Å². The molecule has 0 aromatic heterocycles. The fourth-order valence-corrected chi connectivity index (χ4v) is 4.92. The van der Waals surface area contributed by atoms with Gasteiger partial charge in [-0.25, -0.2) is 4.79 Å². The molecule has 0 N–H and O–H groups in total. The molecule has 1 aliphatic rings. The van der Waals surface area contributed by atoms with Crippen molar-refractivity contribution in [2.75, 3.05) is 7.11 Å². The summed E-state index contributed by atoms with van der Waals surface area (Å²) in [5.41, 5.74) is 6.22. The molecule has 0 aliphatic heterocycles. The molecule has 0 fully saturated rings. The van der Waals surface area contributed by atoms with Crippen LogP contribution < -0.4 is 0 Å². The van der Waals surface area contributed by atoms with Crippen LogP contribution in [0.2, 0.25) is 0 Å². The first-order valence-corrected chi connectivity index (χ1v) is 10.6. The fraction of sp³-hybridized carbons (Fsp3) is 0.138. The van der Waals surface area contributed by atoms with Gasteiger partial charge in [0.25, 0.3) is 0 Å². The molecule has 4 aromatic rings. The molecule has 0 heterocycles. The Bertz CT molecular complexity index is 1260. The summed E-state index contributed by atoms with van der Waals surface area (Å²) in [6, 6.07) is 29.7. The minimum atomic E-state index is -0.284. The average molecular weight is 405 g/mol. The molecule has 2 nitrogen and oxygen atoms in total. The summed E-state index contributed by atoms with van der Waals surface area (Å²) in [5.74, 6) is -0.284. The van der Waals surface area contributed by atoms with Gasteiger partial charge < -0.3 is 4.74 Å². The lowest BCUT2D eigenvalue weighted by Gasteiger charge is -2.36. The Hall–Kier alpha value is -3.65. The Morgan fingerprint density at radius 3 is 2.06 bits per heavy atom. The molecule has 5 rings (SSSR count). The smallest absolute Gasteiger partial charge is 0.338 e. The fourth-order valence-electron chi connectivity index (χ4n) is 4.92. The SMILES string of the molecule is COC(=O)c1c(C)ccc2ccc3c(c12)C=CC(c1ccccc1)(c1ccccc1)C3. The number of allylic oxidation sites excluding steroid dienone is 1. The summed E-state index contributed by atoms with van der Waals surface area (Å²) < 4.78 is 5.13. The van der Waals surface area contributed by atoms with E-state index in [9.17, 15) is 4.79 Å². The molecule has 0 saturated heterocycles. The van der Waals surface area contributed by atoms with E-state index in [0.717, 1.165) is 28.3 Å². The molecule has 4 aromatic carbocycles. The molecule has 31 heavy (non-hydrogen) atoms. The summed E-state index contributed by atoms with van der Waals surface area (Å²) in [7, 11) is 1.45. The molecule has 2 heteroatoms. The summed E-state index contributed by atoms with van der Waals surface area (Å²) in [4.78, 5) is 12.7. The van der Waals surface area contributed by atoms with E-state index >= 15 is 0 Å². The second-order valence-corrected chi connectivity index (χ2v) is 8.20. The Morgan fingerprint density at radius 1 is 0.839 bits per heavy atom. The van der Waals surface area contributed by atoms with Crippen LogP contribution in [0.1, 0.15) is 38.2 Å². The molecule has 0 atom stereocenters. The van der Waals surface area contributed by atoms with E-state index in [1.54, 1.807) is 0 Å². The number of esters is 1. The number of hydrogen-bond acceptors (Lipinski definition) is 2. The van der Waals surface area contributed by atoms with Gasteiger partial charge in [-0.3, -0.25) is 0 Å². The van der Waals surface area contributed by atoms with Gasteiger partial charge in [0.15, 0.2) is 0 Å². The maximum absolute atomic E-state index is 12.7. The highest BCUT2D eigenvalue weighted by molar-refractivity contribution is 6.09. The van der Waals surface area contributed by atoms with Crippen molar-refractivity contribution in [1.82, 2.24) is 0 Å². The number of methoxy groups -OCH3 is 1. The minimum absolute atomic E-state index is 0.252. The molecule has 0 spiro atoms. The lowest BCUT2D eigenvalue weighted by molar-refractivity contribution is 0.0602. The molecule has 0 radical (unpaired) electrons. The third-order valence-corrected chi connectivity index (χ3v) is 6.50. The maximum atomic E-state index is 12.7. The van der Waals surface area contributed by atoms with E-state index in [1.165, 1.54) is 23.8 Å². The molecule has 0 unspecified atom stereocenters. The number of carbonyl (C=O) groups excluding carboxylic acids is 1. The van der Waals surface area contributed by atoms with Crippen LogP contribution in [0.3, 0.4) is 0 Å². The third-order valence-electron chi connectivity index (χ3n) is 6.50. The predicted octanol–water partition coefficient (Wildman–Crippen LogP) is 6.49. The zero-order valence-corrected chi connectivity index (χ0v) is 17.8. The standard InChI is InChI=1S/C29H24O2/c1-20-13-14-21-15-16-22-19-29(23-9-5-3-6-10-23,24-11-7-4-8-12-24)18-17-25(22)27(21)26(20)28(30)31-2/h3-18H,19H2,1-2H3. The van der Waals surface area contributed by atoms with E-state index in [-0.39, 0.29) is 11.4 Å². The lowest BCUT2D eigenvalue weighted by Crippen LogP contribution is -2.30. The molecular weight excluding hydrogens is 380 g/mol. The van der Waals surface area contributed by atoms with Crippen molar-refractivity contribution in [1.29, 1.82) is 0 Å². The van der Waals surface area contributed by atoms with Gasteiger partial charge >= 0.3 is 5.97 Å². The summed E-state index contributed by atoms with van der Waals surface area (Å²) >= 11 is 0. The number of carbonyl (C=O) groups is 1. The van der Waals surface area contributed by atoms with Crippen molar-refractivity contribution >= 4 is 22.8 Å². The highest BCUT2D eigenvalue weighted by Crippen LogP contribution is 2.43. The van der Waals surface area contributed by atoms with Crippen LogP contribution in [0, 0.1) is 6.92 Å². The Balaban J connectivity index is 1.77. The average Bonchev–Trinajstić information content (AvgIpc) is 2.84. The summed E-state index contributed by atoms with van der Waals surface area (Å²) in [6.07, 6.45) is 5.34. The van der Waals surface area contributed by atoms with Crippen molar-refractivity contribution in [2.24, 2.45) is 0 Å². The highest BCUT2D eigenvalue weighted by Gasteiger charge is 2.35. The number of hydrogen-bond donors (Lipinski definition) is 0. The third kappa shape index (κ3) is 3.07. The minimum Gasteiger partial charge on any atom is -0.465 e. The van der Waals surface area contributed by atoms with E-state index in [2.05, 4.69) is 91.0 Å². The lowest BCUT2D eigenvalue weighted by atomic mass is 9.67. The van der Waals surface area contributed by atoms with Gasteiger partial charge in [-0.05, 0) is 46.5 Å². The van der Waals surface area contributed by atoms with E-state index in [1.807, 2.05) is 13.0 Å². The zero-order chi connectivity index (χ0) is 21.4. The molecule has 1 aliphatic carbocycles. The summed E-state index contributed by atoms with van der Waals surface area (Å²) in [5, 5.41) is 2.04. The number of rotatable bonds is 3. The van der Waals surface area contributed by atoms with Crippen LogP contribution in [0.5, 0.6) is 0 Å². The van der Waals surface area contributed by atoms with E-state index in [0.29, 0.717) is 5.56 Å². The van der Waals surface area contributed by atoms with Crippen LogP contribution in [0.25, 0.3) is 16.8 Å². The van der Waals surface area contributed by atoms with Crippen LogP contribution in [-0.4, -0.2) is 13.1 Å². The van der Waals surface area contributed by atoms with E-state index < -0.39 is 0 Å². The molecule has 0 bridgehead atoms. The van der Waals surface area contributed by atoms with Crippen molar-refractivity contribution in [3.05, 3.63) is 124 Å². The summed E-state index contributed by atoms with van der Waals surface area (Å²) in [6.45, 7) is 1.97. The van der Waals surface area contributed by atoms with Crippen LogP contribution >= 0.6 is 0 Å². The van der Waals surface area contributed by atoms with Gasteiger partial charge in [-0.15, -0.1) is 0 Å². The first-order valence-electron chi connectivity index (χ1n) is 10.6. The van der Waals surface area contributed by atoms with Crippen LogP contribution in [0.4, 0.5) is 0 Å².